The van der Waals surface area contributed by atoms with Crippen LogP contribution in [-0.2, 0) is 10.1 Å². The first kappa shape index (κ1) is 10.0. The highest BCUT2D eigenvalue weighted by molar-refractivity contribution is 7.86. The Labute approximate surface area is 77.4 Å². The summed E-state index contributed by atoms with van der Waals surface area (Å²) in [7, 11) is -3.48. The SMILES string of the molecule is CC(C)CS(=O)(=O)On1ccnc1. The molecule has 74 valence electrons. The molecule has 0 bridgehead atoms. The molecule has 13 heavy (non-hydrogen) atoms. The van der Waals surface area contributed by atoms with E-state index in [0.717, 1.165) is 4.73 Å². The highest BCUT2D eigenvalue weighted by Gasteiger charge is 2.14. The Morgan fingerprint density at radius 3 is 2.69 bits per heavy atom. The Bertz CT molecular complexity index is 342. The van der Waals surface area contributed by atoms with Crippen LogP contribution in [-0.4, -0.2) is 23.9 Å². The third kappa shape index (κ3) is 3.45. The maximum Gasteiger partial charge on any atom is 0.327 e. The Morgan fingerprint density at radius 2 is 2.23 bits per heavy atom. The van der Waals surface area contributed by atoms with Crippen molar-refractivity contribution in [3.05, 3.63) is 18.7 Å². The summed E-state index contributed by atoms with van der Waals surface area (Å²) in [6.07, 6.45) is 4.17. The summed E-state index contributed by atoms with van der Waals surface area (Å²) in [5.74, 6) is 0.0547. The molecule has 1 heterocycles. The third-order valence-electron chi connectivity index (χ3n) is 1.22. The van der Waals surface area contributed by atoms with Gasteiger partial charge >= 0.3 is 10.1 Å². The summed E-state index contributed by atoms with van der Waals surface area (Å²) in [4.78, 5) is 3.66. The fraction of sp³-hybridized carbons (Fsp3) is 0.571. The van der Waals surface area contributed by atoms with Gasteiger partial charge in [-0.3, -0.25) is 4.28 Å². The second-order valence-electron chi connectivity index (χ2n) is 3.12. The van der Waals surface area contributed by atoms with Gasteiger partial charge in [0.2, 0.25) is 0 Å². The summed E-state index contributed by atoms with van der Waals surface area (Å²) in [6, 6.07) is 0. The smallest absolute Gasteiger partial charge is 0.286 e. The van der Waals surface area contributed by atoms with Gasteiger partial charge in [-0.1, -0.05) is 13.8 Å². The van der Waals surface area contributed by atoms with Crippen LogP contribution < -0.4 is 4.28 Å². The molecule has 0 saturated carbocycles. The van der Waals surface area contributed by atoms with Crippen molar-refractivity contribution in [3.63, 3.8) is 0 Å². The van der Waals surface area contributed by atoms with Crippen LogP contribution in [0.5, 0.6) is 0 Å². The molecule has 6 heteroatoms. The monoisotopic (exact) mass is 204 g/mol. The van der Waals surface area contributed by atoms with Crippen LogP contribution in [0.3, 0.4) is 0 Å². The molecule has 0 aliphatic rings. The Hall–Kier alpha value is -1.04. The van der Waals surface area contributed by atoms with Gasteiger partial charge in [0.1, 0.15) is 6.33 Å². The first-order chi connectivity index (χ1) is 5.99. The second-order valence-corrected chi connectivity index (χ2v) is 4.71. The van der Waals surface area contributed by atoms with Gasteiger partial charge in [0, 0.05) is 6.20 Å². The largest absolute Gasteiger partial charge is 0.327 e. The van der Waals surface area contributed by atoms with Crippen molar-refractivity contribution >= 4 is 10.1 Å². The fourth-order valence-corrected chi connectivity index (χ4v) is 2.09. The third-order valence-corrected chi connectivity index (χ3v) is 2.69. The van der Waals surface area contributed by atoms with E-state index >= 15 is 0 Å². The molecule has 0 aromatic carbocycles. The van der Waals surface area contributed by atoms with Gasteiger partial charge in [-0.2, -0.15) is 13.1 Å². The van der Waals surface area contributed by atoms with E-state index in [1.165, 1.54) is 18.7 Å². The van der Waals surface area contributed by atoms with Crippen LogP contribution in [0.1, 0.15) is 13.8 Å². The lowest BCUT2D eigenvalue weighted by Gasteiger charge is -2.07. The molecule has 0 saturated heterocycles. The van der Waals surface area contributed by atoms with Gasteiger partial charge in [0.25, 0.3) is 0 Å². The number of nitrogens with zero attached hydrogens (tertiary/aromatic N) is 2. The highest BCUT2D eigenvalue weighted by atomic mass is 32.2. The predicted molar refractivity (Wildman–Crippen MR) is 47.4 cm³/mol. The molecule has 0 radical (unpaired) electrons. The van der Waals surface area contributed by atoms with Crippen LogP contribution in [0, 0.1) is 5.92 Å². The van der Waals surface area contributed by atoms with Gasteiger partial charge in [-0.25, -0.2) is 4.98 Å². The molecule has 0 atom stereocenters. The zero-order valence-corrected chi connectivity index (χ0v) is 8.36. The quantitative estimate of drug-likeness (QED) is 0.707. The standard InChI is InChI=1S/C7H12N2O3S/c1-7(2)5-13(10,11)12-9-4-3-8-6-9/h3-4,6-7H,5H2,1-2H3. The number of imidazole rings is 1. The van der Waals surface area contributed by atoms with Gasteiger partial charge in [0.15, 0.2) is 0 Å². The van der Waals surface area contributed by atoms with E-state index in [-0.39, 0.29) is 11.7 Å². The van der Waals surface area contributed by atoms with Gasteiger partial charge in [-0.15, -0.1) is 0 Å². The number of rotatable bonds is 4. The van der Waals surface area contributed by atoms with E-state index in [1.807, 2.05) is 13.8 Å². The molecule has 1 rings (SSSR count). The molecule has 1 aromatic heterocycles. The molecule has 0 spiro atoms. The predicted octanol–water partition coefficient (Wildman–Crippen LogP) is 0.297. The Balaban J connectivity index is 2.63. The van der Waals surface area contributed by atoms with Crippen LogP contribution >= 0.6 is 0 Å². The van der Waals surface area contributed by atoms with E-state index in [1.54, 1.807) is 0 Å². The second kappa shape index (κ2) is 3.78. The van der Waals surface area contributed by atoms with Crippen molar-refractivity contribution in [3.8, 4) is 0 Å². The highest BCUT2D eigenvalue weighted by Crippen LogP contribution is 1.99. The van der Waals surface area contributed by atoms with Crippen LogP contribution in [0.2, 0.25) is 0 Å². The zero-order chi connectivity index (χ0) is 9.90. The molecule has 0 aliphatic carbocycles. The molecule has 0 N–H and O–H groups in total. The van der Waals surface area contributed by atoms with Crippen LogP contribution in [0.4, 0.5) is 0 Å². The lowest BCUT2D eigenvalue weighted by Crippen LogP contribution is -2.24. The van der Waals surface area contributed by atoms with E-state index in [9.17, 15) is 8.42 Å². The summed E-state index contributed by atoms with van der Waals surface area (Å²) in [5, 5.41) is 0. The van der Waals surface area contributed by atoms with Crippen LogP contribution in [0.25, 0.3) is 0 Å². The number of hydrogen-bond acceptors (Lipinski definition) is 4. The lowest BCUT2D eigenvalue weighted by molar-refractivity contribution is 0.276. The average Bonchev–Trinajstić information content (AvgIpc) is 2.34. The van der Waals surface area contributed by atoms with Crippen molar-refractivity contribution in [1.82, 2.24) is 9.71 Å². The van der Waals surface area contributed by atoms with Crippen molar-refractivity contribution in [2.24, 2.45) is 5.92 Å². The van der Waals surface area contributed by atoms with E-state index in [4.69, 9.17) is 0 Å². The van der Waals surface area contributed by atoms with Crippen molar-refractivity contribution < 1.29 is 12.7 Å². The molecule has 0 unspecified atom stereocenters. The topological polar surface area (TPSA) is 61.2 Å². The van der Waals surface area contributed by atoms with Gasteiger partial charge < -0.3 is 0 Å². The summed E-state index contributed by atoms with van der Waals surface area (Å²) >= 11 is 0. The number of hydrogen-bond donors (Lipinski definition) is 0. The normalized spacial score (nSPS) is 11.9. The zero-order valence-electron chi connectivity index (χ0n) is 7.54. The first-order valence-corrected chi connectivity index (χ1v) is 5.48. The van der Waals surface area contributed by atoms with Crippen molar-refractivity contribution in [2.75, 3.05) is 5.75 Å². The molecule has 1 aromatic rings. The minimum Gasteiger partial charge on any atom is -0.286 e. The molecule has 0 fully saturated rings. The van der Waals surface area contributed by atoms with Crippen LogP contribution in [0.15, 0.2) is 18.7 Å². The fourth-order valence-electron chi connectivity index (χ4n) is 0.861. The lowest BCUT2D eigenvalue weighted by atomic mass is 10.3. The maximum atomic E-state index is 11.2. The van der Waals surface area contributed by atoms with Gasteiger partial charge in [-0.05, 0) is 5.92 Å². The Morgan fingerprint density at radius 1 is 1.54 bits per heavy atom. The van der Waals surface area contributed by atoms with Crippen molar-refractivity contribution in [2.45, 2.75) is 13.8 Å². The van der Waals surface area contributed by atoms with E-state index < -0.39 is 10.1 Å². The number of aromatic nitrogens is 2. The Kier molecular flexibility index (Phi) is 2.92. The molecule has 0 amide bonds. The summed E-state index contributed by atoms with van der Waals surface area (Å²) in [5.41, 5.74) is 0. The molecule has 0 aliphatic heterocycles. The molecule has 5 nitrogen and oxygen atoms in total. The van der Waals surface area contributed by atoms with E-state index in [0.29, 0.717) is 0 Å². The molecular formula is C7H12N2O3S. The maximum absolute atomic E-state index is 11.2. The van der Waals surface area contributed by atoms with Gasteiger partial charge in [0.05, 0.1) is 11.9 Å². The van der Waals surface area contributed by atoms with E-state index in [2.05, 4.69) is 9.27 Å². The van der Waals surface area contributed by atoms with Crippen molar-refractivity contribution in [1.29, 1.82) is 0 Å². The average molecular weight is 204 g/mol. The first-order valence-electron chi connectivity index (χ1n) is 3.90. The minimum atomic E-state index is -3.48. The summed E-state index contributed by atoms with van der Waals surface area (Å²) in [6.45, 7) is 3.63. The minimum absolute atomic E-state index is 0.00514. The molecular weight excluding hydrogens is 192 g/mol. The summed E-state index contributed by atoms with van der Waals surface area (Å²) < 4.78 is 28.2.